The zero-order chi connectivity index (χ0) is 25.5. The molecule has 0 spiro atoms. The van der Waals surface area contributed by atoms with Gasteiger partial charge in [0.15, 0.2) is 11.5 Å². The molecule has 0 aliphatic heterocycles. The number of methoxy groups -OCH3 is 2. The number of anilines is 2. The minimum absolute atomic E-state index is 0.0543. The van der Waals surface area contributed by atoms with Crippen LogP contribution in [-0.4, -0.2) is 28.5 Å². The highest BCUT2D eigenvalue weighted by Crippen LogP contribution is 2.32. The molecule has 0 saturated heterocycles. The smallest absolute Gasteiger partial charge is 0.264 e. The van der Waals surface area contributed by atoms with Crippen LogP contribution in [0.2, 0.25) is 0 Å². The Hall–Kier alpha value is -4.30. The molecule has 1 N–H and O–H groups in total. The summed E-state index contributed by atoms with van der Waals surface area (Å²) in [5.74, 6) is 0.527. The van der Waals surface area contributed by atoms with Crippen molar-refractivity contribution < 1.29 is 22.7 Å². The molecule has 36 heavy (non-hydrogen) atoms. The zero-order valence-electron chi connectivity index (χ0n) is 19.9. The van der Waals surface area contributed by atoms with Gasteiger partial charge in [0.25, 0.3) is 15.9 Å². The minimum Gasteiger partial charge on any atom is -0.493 e. The molecular weight excluding hydrogens is 476 g/mol. The molecule has 0 aliphatic carbocycles. The third-order valence-electron chi connectivity index (χ3n) is 5.56. The maximum absolute atomic E-state index is 13.8. The van der Waals surface area contributed by atoms with Crippen molar-refractivity contribution in [2.24, 2.45) is 0 Å². The topological polar surface area (TPSA) is 84.9 Å². The van der Waals surface area contributed by atoms with Crippen LogP contribution in [0.4, 0.5) is 11.4 Å². The standard InChI is InChI=1S/C28H26N2O5S/c1-34-26-18-17-22(19-27(26)35-2)29-28(31)24-15-9-10-16-25(24)30(20-21-11-5-3-6-12-21)36(32,33)23-13-7-4-8-14-23/h3-19H,20H2,1-2H3,(H,29,31). The van der Waals surface area contributed by atoms with Gasteiger partial charge in [-0.05, 0) is 42.0 Å². The first-order valence-electron chi connectivity index (χ1n) is 11.2. The second-order valence-electron chi connectivity index (χ2n) is 7.85. The number of rotatable bonds is 9. The Balaban J connectivity index is 1.75. The van der Waals surface area contributed by atoms with E-state index in [0.717, 1.165) is 5.56 Å². The number of benzene rings is 4. The predicted molar refractivity (Wildman–Crippen MR) is 140 cm³/mol. The molecule has 8 heteroatoms. The van der Waals surface area contributed by atoms with Crippen LogP contribution in [0.25, 0.3) is 0 Å². The molecule has 0 saturated carbocycles. The van der Waals surface area contributed by atoms with Gasteiger partial charge in [0.1, 0.15) is 0 Å². The number of amides is 1. The van der Waals surface area contributed by atoms with Crippen LogP contribution in [0.1, 0.15) is 15.9 Å². The highest BCUT2D eigenvalue weighted by molar-refractivity contribution is 7.92. The van der Waals surface area contributed by atoms with Gasteiger partial charge in [-0.25, -0.2) is 8.42 Å². The summed E-state index contributed by atoms with van der Waals surface area (Å²) in [6.45, 7) is 0.0543. The first kappa shape index (κ1) is 24.8. The summed E-state index contributed by atoms with van der Waals surface area (Å²) in [6.07, 6.45) is 0. The van der Waals surface area contributed by atoms with Crippen molar-refractivity contribution in [1.82, 2.24) is 0 Å². The molecule has 0 bridgehead atoms. The van der Waals surface area contributed by atoms with Gasteiger partial charge in [0.05, 0.1) is 36.9 Å². The Morgan fingerprint density at radius 3 is 2.06 bits per heavy atom. The Bertz CT molecular complexity index is 1440. The van der Waals surface area contributed by atoms with Crippen molar-refractivity contribution in [2.75, 3.05) is 23.8 Å². The van der Waals surface area contributed by atoms with Crippen LogP contribution in [0, 0.1) is 0 Å². The van der Waals surface area contributed by atoms with Crippen LogP contribution >= 0.6 is 0 Å². The Morgan fingerprint density at radius 2 is 1.39 bits per heavy atom. The summed E-state index contributed by atoms with van der Waals surface area (Å²) in [5.41, 5.74) is 1.74. The Labute approximate surface area is 211 Å². The molecule has 1 amide bonds. The third kappa shape index (κ3) is 5.34. The number of nitrogens with one attached hydrogen (secondary N) is 1. The molecule has 0 unspecified atom stereocenters. The van der Waals surface area contributed by atoms with Crippen LogP contribution in [0.5, 0.6) is 11.5 Å². The monoisotopic (exact) mass is 502 g/mol. The Morgan fingerprint density at radius 1 is 0.778 bits per heavy atom. The van der Waals surface area contributed by atoms with E-state index in [-0.39, 0.29) is 22.7 Å². The van der Waals surface area contributed by atoms with E-state index in [2.05, 4.69) is 5.32 Å². The van der Waals surface area contributed by atoms with E-state index >= 15 is 0 Å². The van der Waals surface area contributed by atoms with Gasteiger partial charge < -0.3 is 14.8 Å². The SMILES string of the molecule is COc1ccc(NC(=O)c2ccccc2N(Cc2ccccc2)S(=O)(=O)c2ccccc2)cc1OC. The Kier molecular flexibility index (Phi) is 7.56. The molecule has 0 aliphatic rings. The molecule has 0 aromatic heterocycles. The summed E-state index contributed by atoms with van der Waals surface area (Å²) in [7, 11) is -0.947. The lowest BCUT2D eigenvalue weighted by Gasteiger charge is -2.26. The average Bonchev–Trinajstić information content (AvgIpc) is 2.92. The average molecular weight is 503 g/mol. The molecular formula is C28H26N2O5S. The van der Waals surface area contributed by atoms with Crippen molar-refractivity contribution in [2.45, 2.75) is 11.4 Å². The van der Waals surface area contributed by atoms with Crippen molar-refractivity contribution in [3.63, 3.8) is 0 Å². The number of para-hydroxylation sites is 1. The van der Waals surface area contributed by atoms with E-state index in [9.17, 15) is 13.2 Å². The molecule has 0 radical (unpaired) electrons. The number of nitrogens with zero attached hydrogens (tertiary/aromatic N) is 1. The van der Waals surface area contributed by atoms with Crippen LogP contribution in [-0.2, 0) is 16.6 Å². The number of hydrogen-bond donors (Lipinski definition) is 1. The third-order valence-corrected chi connectivity index (χ3v) is 7.33. The maximum Gasteiger partial charge on any atom is 0.264 e. The minimum atomic E-state index is -3.98. The summed E-state index contributed by atoms with van der Waals surface area (Å²) >= 11 is 0. The summed E-state index contributed by atoms with van der Waals surface area (Å²) in [6, 6.07) is 29.1. The van der Waals surface area contributed by atoms with Gasteiger partial charge in [-0.3, -0.25) is 9.10 Å². The van der Waals surface area contributed by atoms with Gasteiger partial charge >= 0.3 is 0 Å². The molecule has 4 aromatic rings. The van der Waals surface area contributed by atoms with Gasteiger partial charge in [-0.1, -0.05) is 60.7 Å². The number of hydrogen-bond acceptors (Lipinski definition) is 5. The van der Waals surface area contributed by atoms with Gasteiger partial charge in [0, 0.05) is 11.8 Å². The van der Waals surface area contributed by atoms with Crippen LogP contribution in [0.3, 0.4) is 0 Å². The first-order valence-corrected chi connectivity index (χ1v) is 12.6. The fourth-order valence-corrected chi connectivity index (χ4v) is 5.26. The van der Waals surface area contributed by atoms with E-state index in [1.807, 2.05) is 30.3 Å². The highest BCUT2D eigenvalue weighted by atomic mass is 32.2. The van der Waals surface area contributed by atoms with Gasteiger partial charge in [-0.15, -0.1) is 0 Å². The first-order chi connectivity index (χ1) is 17.4. The van der Waals surface area contributed by atoms with Crippen molar-refractivity contribution in [3.05, 3.63) is 114 Å². The van der Waals surface area contributed by atoms with Gasteiger partial charge in [-0.2, -0.15) is 0 Å². The summed E-state index contributed by atoms with van der Waals surface area (Å²) < 4.78 is 39.4. The van der Waals surface area contributed by atoms with Crippen LogP contribution in [0.15, 0.2) is 108 Å². The molecule has 4 rings (SSSR count). The molecule has 0 atom stereocenters. The number of sulfonamides is 1. The lowest BCUT2D eigenvalue weighted by molar-refractivity contribution is 0.102. The number of carbonyl (C=O) groups excluding carboxylic acids is 1. The lowest BCUT2D eigenvalue weighted by Crippen LogP contribution is -2.32. The van der Waals surface area contributed by atoms with Crippen LogP contribution < -0.4 is 19.1 Å². The van der Waals surface area contributed by atoms with Crippen molar-refractivity contribution in [3.8, 4) is 11.5 Å². The quantitative estimate of drug-likeness (QED) is 0.333. The molecule has 0 heterocycles. The highest BCUT2D eigenvalue weighted by Gasteiger charge is 2.28. The molecule has 0 fully saturated rings. The van der Waals surface area contributed by atoms with E-state index in [4.69, 9.17) is 9.47 Å². The van der Waals surface area contributed by atoms with Crippen molar-refractivity contribution >= 4 is 27.3 Å². The normalized spacial score (nSPS) is 10.9. The second-order valence-corrected chi connectivity index (χ2v) is 9.71. The van der Waals surface area contributed by atoms with Gasteiger partial charge in [0.2, 0.25) is 0 Å². The fraction of sp³-hybridized carbons (Fsp3) is 0.107. The summed E-state index contributed by atoms with van der Waals surface area (Å²) in [4.78, 5) is 13.5. The van der Waals surface area contributed by atoms with E-state index in [1.165, 1.54) is 18.5 Å². The van der Waals surface area contributed by atoms with E-state index < -0.39 is 15.9 Å². The second kappa shape index (κ2) is 11.0. The molecule has 7 nitrogen and oxygen atoms in total. The summed E-state index contributed by atoms with van der Waals surface area (Å²) in [5, 5.41) is 2.84. The predicted octanol–water partition coefficient (Wildman–Crippen LogP) is 5.35. The lowest BCUT2D eigenvalue weighted by atomic mass is 10.1. The fourth-order valence-electron chi connectivity index (χ4n) is 3.76. The number of ether oxygens (including phenoxy) is 2. The molecule has 184 valence electrons. The number of carbonyl (C=O) groups is 1. The van der Waals surface area contributed by atoms with Crippen molar-refractivity contribution in [1.29, 1.82) is 0 Å². The van der Waals surface area contributed by atoms with E-state index in [1.54, 1.807) is 72.8 Å². The zero-order valence-corrected chi connectivity index (χ0v) is 20.7. The van der Waals surface area contributed by atoms with E-state index in [0.29, 0.717) is 17.2 Å². The molecule has 4 aromatic carbocycles. The largest absolute Gasteiger partial charge is 0.493 e. The maximum atomic E-state index is 13.8.